The zero-order chi connectivity index (χ0) is 10.8. The molecule has 1 heterocycles. The first-order valence-corrected chi connectivity index (χ1v) is 5.14. The van der Waals surface area contributed by atoms with Crippen molar-refractivity contribution in [3.05, 3.63) is 18.2 Å². The molecule has 0 radical (unpaired) electrons. The van der Waals surface area contributed by atoms with Gasteiger partial charge in [0.1, 0.15) is 5.75 Å². The molecule has 82 valence electrons. The van der Waals surface area contributed by atoms with Crippen molar-refractivity contribution >= 4 is 0 Å². The van der Waals surface area contributed by atoms with Gasteiger partial charge in [0, 0.05) is 6.07 Å². The minimum Gasteiger partial charge on any atom is -0.489 e. The summed E-state index contributed by atoms with van der Waals surface area (Å²) in [4.78, 5) is 3.60. The van der Waals surface area contributed by atoms with Gasteiger partial charge >= 0.3 is 0 Å². The fraction of sp³-hybridized carbons (Fsp3) is 0.545. The standard InChI is InChI=1S/C11H14FNO2/c1-7(2)14-10-5-9(6-13-11(10)12)15-8-3-4-8/h5-8H,3-4H2,1-2H3. The summed E-state index contributed by atoms with van der Waals surface area (Å²) in [5.74, 6) is 0.143. The van der Waals surface area contributed by atoms with E-state index in [4.69, 9.17) is 9.47 Å². The van der Waals surface area contributed by atoms with Crippen LogP contribution in [0.4, 0.5) is 4.39 Å². The normalized spacial score (nSPS) is 15.5. The van der Waals surface area contributed by atoms with Gasteiger partial charge in [0.25, 0.3) is 5.95 Å². The zero-order valence-electron chi connectivity index (χ0n) is 8.87. The van der Waals surface area contributed by atoms with Crippen molar-refractivity contribution in [1.29, 1.82) is 0 Å². The molecule has 0 amide bonds. The molecule has 0 aromatic carbocycles. The Bertz CT molecular complexity index is 350. The van der Waals surface area contributed by atoms with Gasteiger partial charge in [-0.25, -0.2) is 4.98 Å². The smallest absolute Gasteiger partial charge is 0.255 e. The van der Waals surface area contributed by atoms with Gasteiger partial charge in [-0.1, -0.05) is 0 Å². The number of hydrogen-bond donors (Lipinski definition) is 0. The molecule has 0 aliphatic heterocycles. The van der Waals surface area contributed by atoms with Crippen LogP contribution in [0.1, 0.15) is 26.7 Å². The molecule has 1 saturated carbocycles. The molecular weight excluding hydrogens is 197 g/mol. The van der Waals surface area contributed by atoms with E-state index in [2.05, 4.69) is 4.98 Å². The summed E-state index contributed by atoms with van der Waals surface area (Å²) in [5, 5.41) is 0. The third-order valence-electron chi connectivity index (χ3n) is 1.97. The van der Waals surface area contributed by atoms with Crippen LogP contribution in [0.5, 0.6) is 11.5 Å². The van der Waals surface area contributed by atoms with Crippen LogP contribution in [0.25, 0.3) is 0 Å². The summed E-state index contributed by atoms with van der Waals surface area (Å²) in [6, 6.07) is 1.56. The number of ether oxygens (including phenoxy) is 2. The summed E-state index contributed by atoms with van der Waals surface area (Å²) in [7, 11) is 0. The van der Waals surface area contributed by atoms with Crippen LogP contribution in [-0.2, 0) is 0 Å². The van der Waals surface area contributed by atoms with E-state index in [-0.39, 0.29) is 18.0 Å². The summed E-state index contributed by atoms with van der Waals surface area (Å²) in [5.41, 5.74) is 0. The maximum atomic E-state index is 13.2. The molecule has 0 atom stereocenters. The number of rotatable bonds is 4. The van der Waals surface area contributed by atoms with Crippen molar-refractivity contribution in [2.75, 3.05) is 0 Å². The molecule has 1 aromatic heterocycles. The van der Waals surface area contributed by atoms with Crippen molar-refractivity contribution in [2.45, 2.75) is 38.9 Å². The number of nitrogens with zero attached hydrogens (tertiary/aromatic N) is 1. The Morgan fingerprint density at radius 3 is 2.80 bits per heavy atom. The summed E-state index contributed by atoms with van der Waals surface area (Å²) in [6.45, 7) is 3.68. The van der Waals surface area contributed by atoms with Gasteiger partial charge in [0.05, 0.1) is 18.4 Å². The molecule has 15 heavy (non-hydrogen) atoms. The lowest BCUT2D eigenvalue weighted by atomic mass is 10.4. The molecule has 1 aliphatic rings. The van der Waals surface area contributed by atoms with Gasteiger partial charge in [-0.2, -0.15) is 4.39 Å². The van der Waals surface area contributed by atoms with Crippen molar-refractivity contribution in [3.8, 4) is 11.5 Å². The molecule has 0 N–H and O–H groups in total. The second-order valence-electron chi connectivity index (χ2n) is 3.94. The zero-order valence-corrected chi connectivity index (χ0v) is 8.87. The molecule has 4 heteroatoms. The molecule has 0 bridgehead atoms. The Labute approximate surface area is 88.2 Å². The topological polar surface area (TPSA) is 31.4 Å². The Hall–Kier alpha value is -1.32. The summed E-state index contributed by atoms with van der Waals surface area (Å²) in [6.07, 6.45) is 3.73. The quantitative estimate of drug-likeness (QED) is 0.717. The fourth-order valence-electron chi connectivity index (χ4n) is 1.19. The molecule has 1 aliphatic carbocycles. The Kier molecular flexibility index (Phi) is 2.75. The maximum absolute atomic E-state index is 13.2. The van der Waals surface area contributed by atoms with Crippen LogP contribution in [-0.4, -0.2) is 17.2 Å². The van der Waals surface area contributed by atoms with Crippen LogP contribution in [0.15, 0.2) is 12.3 Å². The van der Waals surface area contributed by atoms with Crippen LogP contribution in [0, 0.1) is 5.95 Å². The van der Waals surface area contributed by atoms with E-state index < -0.39 is 5.95 Å². The van der Waals surface area contributed by atoms with Gasteiger partial charge in [-0.05, 0) is 26.7 Å². The number of pyridine rings is 1. The van der Waals surface area contributed by atoms with E-state index in [1.165, 1.54) is 6.20 Å². The predicted molar refractivity (Wildman–Crippen MR) is 53.6 cm³/mol. The van der Waals surface area contributed by atoms with Gasteiger partial charge in [0.2, 0.25) is 0 Å². The number of aromatic nitrogens is 1. The lowest BCUT2D eigenvalue weighted by Gasteiger charge is -2.11. The second-order valence-corrected chi connectivity index (χ2v) is 3.94. The molecule has 3 nitrogen and oxygen atoms in total. The Morgan fingerprint density at radius 1 is 1.47 bits per heavy atom. The van der Waals surface area contributed by atoms with E-state index in [0.29, 0.717) is 5.75 Å². The predicted octanol–water partition coefficient (Wildman–Crippen LogP) is 2.55. The first kappa shape index (κ1) is 10.2. The van der Waals surface area contributed by atoms with Crippen molar-refractivity contribution in [1.82, 2.24) is 4.98 Å². The molecule has 0 unspecified atom stereocenters. The minimum absolute atomic E-state index is 0.0718. The summed E-state index contributed by atoms with van der Waals surface area (Å²) < 4.78 is 24.0. The molecule has 2 rings (SSSR count). The third kappa shape index (κ3) is 2.81. The van der Waals surface area contributed by atoms with Crippen LogP contribution in [0.3, 0.4) is 0 Å². The molecule has 1 fully saturated rings. The highest BCUT2D eigenvalue weighted by Crippen LogP contribution is 2.29. The average Bonchev–Trinajstić information content (AvgIpc) is 2.94. The largest absolute Gasteiger partial charge is 0.489 e. The molecule has 0 saturated heterocycles. The Morgan fingerprint density at radius 2 is 2.20 bits per heavy atom. The maximum Gasteiger partial charge on any atom is 0.255 e. The lowest BCUT2D eigenvalue weighted by molar-refractivity contribution is 0.224. The van der Waals surface area contributed by atoms with E-state index in [0.717, 1.165) is 12.8 Å². The van der Waals surface area contributed by atoms with Gasteiger partial charge < -0.3 is 9.47 Å². The molecule has 0 spiro atoms. The third-order valence-corrected chi connectivity index (χ3v) is 1.97. The van der Waals surface area contributed by atoms with Crippen LogP contribution < -0.4 is 9.47 Å². The number of halogens is 1. The summed E-state index contributed by atoms with van der Waals surface area (Å²) >= 11 is 0. The highest BCUT2D eigenvalue weighted by molar-refractivity contribution is 5.30. The highest BCUT2D eigenvalue weighted by atomic mass is 19.1. The lowest BCUT2D eigenvalue weighted by Crippen LogP contribution is -2.08. The molecule has 1 aromatic rings. The highest BCUT2D eigenvalue weighted by Gasteiger charge is 2.24. The first-order valence-electron chi connectivity index (χ1n) is 5.14. The van der Waals surface area contributed by atoms with Crippen LogP contribution in [0.2, 0.25) is 0 Å². The monoisotopic (exact) mass is 211 g/mol. The van der Waals surface area contributed by atoms with Crippen molar-refractivity contribution < 1.29 is 13.9 Å². The first-order chi connectivity index (χ1) is 7.15. The van der Waals surface area contributed by atoms with Gasteiger partial charge in [-0.3, -0.25) is 0 Å². The van der Waals surface area contributed by atoms with Gasteiger partial charge in [-0.15, -0.1) is 0 Å². The Balaban J connectivity index is 2.11. The SMILES string of the molecule is CC(C)Oc1cc(OC2CC2)cnc1F. The number of hydrogen-bond acceptors (Lipinski definition) is 3. The van der Waals surface area contributed by atoms with Gasteiger partial charge in [0.15, 0.2) is 5.75 Å². The fourth-order valence-corrected chi connectivity index (χ4v) is 1.19. The van der Waals surface area contributed by atoms with Crippen molar-refractivity contribution in [2.24, 2.45) is 0 Å². The molecular formula is C11H14FNO2. The van der Waals surface area contributed by atoms with Crippen LogP contribution >= 0.6 is 0 Å². The van der Waals surface area contributed by atoms with E-state index in [1.807, 2.05) is 13.8 Å². The van der Waals surface area contributed by atoms with E-state index in [1.54, 1.807) is 6.07 Å². The average molecular weight is 211 g/mol. The minimum atomic E-state index is -0.591. The van der Waals surface area contributed by atoms with E-state index >= 15 is 0 Å². The van der Waals surface area contributed by atoms with Crippen molar-refractivity contribution in [3.63, 3.8) is 0 Å². The second kappa shape index (κ2) is 4.04. The van der Waals surface area contributed by atoms with E-state index in [9.17, 15) is 4.39 Å².